The average molecular weight is 425 g/mol. The number of hydrogen-bond acceptors (Lipinski definition) is 3. The fourth-order valence-corrected chi connectivity index (χ4v) is 3.50. The minimum atomic E-state index is -0.536. The minimum Gasteiger partial charge on any atom is -0.483 e. The molecule has 0 aliphatic carbocycles. The first-order valence-corrected chi connectivity index (χ1v) is 11.2. The number of carbonyl (C=O) groups is 2. The highest BCUT2D eigenvalue weighted by atomic mass is 16.5. The third-order valence-electron chi connectivity index (χ3n) is 5.72. The van der Waals surface area contributed by atoms with Gasteiger partial charge in [0.1, 0.15) is 11.8 Å². The van der Waals surface area contributed by atoms with Gasteiger partial charge in [-0.15, -0.1) is 0 Å². The van der Waals surface area contributed by atoms with Crippen molar-refractivity contribution in [2.24, 2.45) is 0 Å². The van der Waals surface area contributed by atoms with E-state index in [1.807, 2.05) is 70.2 Å². The lowest BCUT2D eigenvalue weighted by Crippen LogP contribution is -2.50. The number of nitrogens with one attached hydrogen (secondary N) is 1. The van der Waals surface area contributed by atoms with E-state index in [-0.39, 0.29) is 18.4 Å². The summed E-state index contributed by atoms with van der Waals surface area (Å²) in [5.74, 6) is 0.399. The molecule has 1 N–H and O–H groups in total. The first-order chi connectivity index (χ1) is 14.9. The number of carbonyl (C=O) groups excluding carboxylic acids is 2. The average Bonchev–Trinajstić information content (AvgIpc) is 2.76. The molecule has 0 saturated heterocycles. The second kappa shape index (κ2) is 12.1. The van der Waals surface area contributed by atoms with Gasteiger partial charge in [0, 0.05) is 13.1 Å². The van der Waals surface area contributed by atoms with Crippen LogP contribution in [0.25, 0.3) is 0 Å². The molecular weight excluding hydrogens is 388 g/mol. The van der Waals surface area contributed by atoms with Gasteiger partial charge in [0.2, 0.25) is 5.91 Å². The smallest absolute Gasteiger partial charge is 0.261 e. The lowest BCUT2D eigenvalue weighted by Gasteiger charge is -2.31. The zero-order chi connectivity index (χ0) is 22.8. The molecule has 168 valence electrons. The molecule has 2 rings (SSSR count). The number of unbranched alkanes of at least 4 members (excludes halogenated alkanes) is 1. The normalized spacial score (nSPS) is 11.6. The Balaban J connectivity index is 2.22. The Labute approximate surface area is 186 Å². The highest BCUT2D eigenvalue weighted by Crippen LogP contribution is 2.21. The second-order valence-electron chi connectivity index (χ2n) is 8.00. The van der Waals surface area contributed by atoms with E-state index in [0.717, 1.165) is 35.1 Å². The van der Waals surface area contributed by atoms with Crippen molar-refractivity contribution in [1.82, 2.24) is 10.2 Å². The van der Waals surface area contributed by atoms with Gasteiger partial charge in [-0.25, -0.2) is 0 Å². The summed E-state index contributed by atoms with van der Waals surface area (Å²) in [7, 11) is 0. The van der Waals surface area contributed by atoms with Crippen molar-refractivity contribution in [2.75, 3.05) is 13.2 Å². The summed E-state index contributed by atoms with van der Waals surface area (Å²) in [6, 6.07) is 13.2. The minimum absolute atomic E-state index is 0.102. The summed E-state index contributed by atoms with van der Waals surface area (Å²) in [5, 5.41) is 2.99. The Bertz CT molecular complexity index is 879. The van der Waals surface area contributed by atoms with Crippen molar-refractivity contribution < 1.29 is 14.3 Å². The van der Waals surface area contributed by atoms with E-state index in [1.165, 1.54) is 0 Å². The van der Waals surface area contributed by atoms with Crippen LogP contribution >= 0.6 is 0 Å². The molecule has 0 bridgehead atoms. The van der Waals surface area contributed by atoms with Crippen molar-refractivity contribution in [2.45, 2.75) is 66.5 Å². The first kappa shape index (κ1) is 24.4. The lowest BCUT2D eigenvalue weighted by atomic mass is 10.1. The molecule has 0 radical (unpaired) electrons. The Morgan fingerprint density at radius 2 is 1.71 bits per heavy atom. The van der Waals surface area contributed by atoms with E-state index in [1.54, 1.807) is 4.90 Å². The van der Waals surface area contributed by atoms with Gasteiger partial charge in [-0.1, -0.05) is 56.7 Å². The van der Waals surface area contributed by atoms with Crippen LogP contribution in [0.2, 0.25) is 0 Å². The Kier molecular flexibility index (Phi) is 9.57. The van der Waals surface area contributed by atoms with Gasteiger partial charge in [0.25, 0.3) is 5.91 Å². The molecule has 2 aromatic rings. The Hall–Kier alpha value is -2.82. The molecule has 5 heteroatoms. The molecule has 1 unspecified atom stereocenters. The van der Waals surface area contributed by atoms with Gasteiger partial charge in [0.15, 0.2) is 6.61 Å². The maximum atomic E-state index is 13.3. The van der Waals surface area contributed by atoms with Crippen LogP contribution in [-0.2, 0) is 16.1 Å². The monoisotopic (exact) mass is 424 g/mol. The molecule has 0 aliphatic heterocycles. The van der Waals surface area contributed by atoms with Crippen LogP contribution in [0.5, 0.6) is 5.75 Å². The summed E-state index contributed by atoms with van der Waals surface area (Å²) in [6.07, 6.45) is 2.47. The summed E-state index contributed by atoms with van der Waals surface area (Å²) < 4.78 is 5.88. The maximum absolute atomic E-state index is 13.3. The summed E-state index contributed by atoms with van der Waals surface area (Å²) in [5.41, 5.74) is 4.26. The molecule has 0 spiro atoms. The molecule has 5 nitrogen and oxygen atoms in total. The highest BCUT2D eigenvalue weighted by molar-refractivity contribution is 5.88. The van der Waals surface area contributed by atoms with Crippen molar-refractivity contribution in [3.63, 3.8) is 0 Å². The third kappa shape index (κ3) is 6.84. The van der Waals surface area contributed by atoms with Crippen LogP contribution in [0.1, 0.15) is 55.4 Å². The highest BCUT2D eigenvalue weighted by Gasteiger charge is 2.29. The van der Waals surface area contributed by atoms with Gasteiger partial charge in [-0.2, -0.15) is 0 Å². The second-order valence-corrected chi connectivity index (χ2v) is 8.00. The van der Waals surface area contributed by atoms with E-state index in [9.17, 15) is 9.59 Å². The van der Waals surface area contributed by atoms with Crippen molar-refractivity contribution in [3.05, 3.63) is 64.7 Å². The number of nitrogens with zero attached hydrogens (tertiary/aromatic N) is 1. The molecule has 0 saturated carbocycles. The molecule has 2 aromatic carbocycles. The summed E-state index contributed by atoms with van der Waals surface area (Å²) >= 11 is 0. The van der Waals surface area contributed by atoms with Gasteiger partial charge in [0.05, 0.1) is 0 Å². The lowest BCUT2D eigenvalue weighted by molar-refractivity contribution is -0.143. The number of hydrogen-bond donors (Lipinski definition) is 1. The van der Waals surface area contributed by atoms with Crippen LogP contribution in [0.3, 0.4) is 0 Å². The number of rotatable bonds is 11. The topological polar surface area (TPSA) is 58.6 Å². The molecule has 31 heavy (non-hydrogen) atoms. The van der Waals surface area contributed by atoms with Crippen LogP contribution < -0.4 is 10.1 Å². The molecule has 0 aromatic heterocycles. The number of benzene rings is 2. The van der Waals surface area contributed by atoms with Crippen molar-refractivity contribution in [3.8, 4) is 5.75 Å². The van der Waals surface area contributed by atoms with E-state index in [0.29, 0.717) is 25.3 Å². The fraction of sp³-hybridized carbons (Fsp3) is 0.462. The van der Waals surface area contributed by atoms with E-state index in [4.69, 9.17) is 4.74 Å². The van der Waals surface area contributed by atoms with Crippen molar-refractivity contribution in [1.29, 1.82) is 0 Å². The standard InChI is InChI=1S/C26H36N2O3/c1-6-8-16-27-26(30)23(7-2)28(17-22-14-10-9-12-20(22)4)25(29)18-31-24-15-11-13-19(3)21(24)5/h9-15,23H,6-8,16-18H2,1-5H3,(H,27,30). The number of ether oxygens (including phenoxy) is 1. The molecule has 0 fully saturated rings. The quantitative estimate of drug-likeness (QED) is 0.531. The van der Waals surface area contributed by atoms with E-state index < -0.39 is 6.04 Å². The zero-order valence-electron chi connectivity index (χ0n) is 19.5. The van der Waals surface area contributed by atoms with Gasteiger partial charge in [-0.05, 0) is 61.9 Å². The zero-order valence-corrected chi connectivity index (χ0v) is 19.5. The number of amides is 2. The predicted molar refractivity (Wildman–Crippen MR) is 125 cm³/mol. The van der Waals surface area contributed by atoms with Gasteiger partial charge >= 0.3 is 0 Å². The maximum Gasteiger partial charge on any atom is 0.261 e. The predicted octanol–water partition coefficient (Wildman–Crippen LogP) is 4.71. The summed E-state index contributed by atoms with van der Waals surface area (Å²) in [6.45, 7) is 10.9. The Morgan fingerprint density at radius 1 is 1.00 bits per heavy atom. The largest absolute Gasteiger partial charge is 0.483 e. The molecule has 0 heterocycles. The van der Waals surface area contributed by atoms with Crippen LogP contribution in [0, 0.1) is 20.8 Å². The van der Waals surface area contributed by atoms with Crippen LogP contribution in [-0.4, -0.2) is 35.9 Å². The Morgan fingerprint density at radius 3 is 2.39 bits per heavy atom. The fourth-order valence-electron chi connectivity index (χ4n) is 3.50. The first-order valence-electron chi connectivity index (χ1n) is 11.2. The molecular formula is C26H36N2O3. The van der Waals surface area contributed by atoms with E-state index in [2.05, 4.69) is 12.2 Å². The molecule has 1 atom stereocenters. The van der Waals surface area contributed by atoms with Gasteiger partial charge in [-0.3, -0.25) is 9.59 Å². The van der Waals surface area contributed by atoms with Crippen molar-refractivity contribution >= 4 is 11.8 Å². The molecule has 2 amide bonds. The SMILES string of the molecule is CCCCNC(=O)C(CC)N(Cc1ccccc1C)C(=O)COc1cccc(C)c1C. The number of aryl methyl sites for hydroxylation is 2. The van der Waals surface area contributed by atoms with Crippen LogP contribution in [0.15, 0.2) is 42.5 Å². The van der Waals surface area contributed by atoms with Crippen LogP contribution in [0.4, 0.5) is 0 Å². The molecule has 0 aliphatic rings. The van der Waals surface area contributed by atoms with Gasteiger partial charge < -0.3 is 15.0 Å². The third-order valence-corrected chi connectivity index (χ3v) is 5.72. The summed E-state index contributed by atoms with van der Waals surface area (Å²) in [4.78, 5) is 27.8. The van der Waals surface area contributed by atoms with E-state index >= 15 is 0 Å².